The Morgan fingerprint density at radius 2 is 1.48 bits per heavy atom. The molecule has 1 aromatic heterocycles. The second kappa shape index (κ2) is 13.6. The maximum atomic E-state index is 14.4. The standard InChI is InChI=1S/C36H32ClN3O4/c37-32-19-31(33(43-23-26-7-3-1-4-8-26)20-34(32)44-24-27-9-5-2-6-10-27)36(42)40-22-29-17-30(41)12-11-28(29)18-35(40)39-21-25-13-15-38-16-14-25/h1-17,19-20,35,39,41H,18,21-24H2/t35-/m1/s1. The van der Waals surface area contributed by atoms with Gasteiger partial charge in [0.25, 0.3) is 5.91 Å². The number of hydrogen-bond donors (Lipinski definition) is 2. The molecule has 222 valence electrons. The molecule has 6 rings (SSSR count). The van der Waals surface area contributed by atoms with Gasteiger partial charge < -0.3 is 19.5 Å². The summed E-state index contributed by atoms with van der Waals surface area (Å²) in [6, 6.07) is 32.1. The van der Waals surface area contributed by atoms with Crippen LogP contribution in [0, 0.1) is 0 Å². The number of aromatic hydroxyl groups is 1. The highest BCUT2D eigenvalue weighted by molar-refractivity contribution is 6.32. The second-order valence-electron chi connectivity index (χ2n) is 10.7. The molecule has 8 heteroatoms. The summed E-state index contributed by atoms with van der Waals surface area (Å²) in [5.74, 6) is 0.720. The van der Waals surface area contributed by atoms with Crippen LogP contribution in [0.5, 0.6) is 17.2 Å². The van der Waals surface area contributed by atoms with Gasteiger partial charge in [-0.25, -0.2) is 0 Å². The zero-order chi connectivity index (χ0) is 30.3. The number of fused-ring (bicyclic) bond motifs is 1. The first-order valence-electron chi connectivity index (χ1n) is 14.4. The van der Waals surface area contributed by atoms with Gasteiger partial charge in [0.1, 0.15) is 30.5 Å². The fourth-order valence-corrected chi connectivity index (χ4v) is 5.48. The van der Waals surface area contributed by atoms with Gasteiger partial charge in [-0.3, -0.25) is 15.1 Å². The molecular weight excluding hydrogens is 574 g/mol. The molecule has 1 aliphatic heterocycles. The molecule has 0 unspecified atom stereocenters. The number of ether oxygens (including phenoxy) is 2. The van der Waals surface area contributed by atoms with Crippen LogP contribution in [0.2, 0.25) is 5.02 Å². The van der Waals surface area contributed by atoms with Crippen LogP contribution in [0.4, 0.5) is 0 Å². The monoisotopic (exact) mass is 605 g/mol. The number of halogens is 1. The summed E-state index contributed by atoms with van der Waals surface area (Å²) in [7, 11) is 0. The molecular formula is C36H32ClN3O4. The fourth-order valence-electron chi connectivity index (χ4n) is 5.26. The molecule has 4 aromatic carbocycles. The lowest BCUT2D eigenvalue weighted by molar-refractivity contribution is 0.0588. The summed E-state index contributed by atoms with van der Waals surface area (Å²) < 4.78 is 12.4. The van der Waals surface area contributed by atoms with Gasteiger partial charge in [-0.05, 0) is 58.1 Å². The van der Waals surface area contributed by atoms with Crippen molar-refractivity contribution in [1.82, 2.24) is 15.2 Å². The first-order valence-corrected chi connectivity index (χ1v) is 14.8. The number of carbonyl (C=O) groups excluding carboxylic acids is 1. The van der Waals surface area contributed by atoms with Crippen LogP contribution in [0.15, 0.2) is 116 Å². The molecule has 0 aliphatic carbocycles. The molecule has 44 heavy (non-hydrogen) atoms. The van der Waals surface area contributed by atoms with Crippen molar-refractivity contribution in [3.05, 3.63) is 154 Å². The van der Waals surface area contributed by atoms with Crippen molar-refractivity contribution in [3.63, 3.8) is 0 Å². The molecule has 1 amide bonds. The van der Waals surface area contributed by atoms with Crippen LogP contribution in [0.25, 0.3) is 0 Å². The lowest BCUT2D eigenvalue weighted by atomic mass is 9.96. The Hall–Kier alpha value is -4.85. The number of aromatic nitrogens is 1. The highest BCUT2D eigenvalue weighted by atomic mass is 35.5. The van der Waals surface area contributed by atoms with Gasteiger partial charge in [-0.15, -0.1) is 0 Å². The third-order valence-corrected chi connectivity index (χ3v) is 7.91. The Labute approximate surface area is 261 Å². The third kappa shape index (κ3) is 7.02. The quantitative estimate of drug-likeness (QED) is 0.180. The van der Waals surface area contributed by atoms with Crippen LogP contribution in [-0.2, 0) is 32.7 Å². The van der Waals surface area contributed by atoms with Gasteiger partial charge >= 0.3 is 0 Å². The number of amides is 1. The van der Waals surface area contributed by atoms with Crippen LogP contribution in [-0.4, -0.2) is 27.1 Å². The number of nitrogens with zero attached hydrogens (tertiary/aromatic N) is 2. The van der Waals surface area contributed by atoms with E-state index in [4.69, 9.17) is 21.1 Å². The van der Waals surface area contributed by atoms with E-state index >= 15 is 0 Å². The summed E-state index contributed by atoms with van der Waals surface area (Å²) in [6.45, 7) is 1.44. The number of phenolic OH excluding ortho intramolecular Hbond substituents is 1. The Morgan fingerprint density at radius 1 is 0.818 bits per heavy atom. The average molecular weight is 606 g/mol. The maximum absolute atomic E-state index is 14.4. The van der Waals surface area contributed by atoms with E-state index in [1.54, 1.807) is 41.6 Å². The Kier molecular flexibility index (Phi) is 9.06. The molecule has 0 saturated heterocycles. The second-order valence-corrected chi connectivity index (χ2v) is 11.1. The van der Waals surface area contributed by atoms with Crippen LogP contribution in [0.3, 0.4) is 0 Å². The predicted molar refractivity (Wildman–Crippen MR) is 170 cm³/mol. The first-order chi connectivity index (χ1) is 21.5. The summed E-state index contributed by atoms with van der Waals surface area (Å²) in [6.07, 6.45) is 3.75. The van der Waals surface area contributed by atoms with E-state index in [0.717, 1.165) is 27.8 Å². The molecule has 0 radical (unpaired) electrons. The summed E-state index contributed by atoms with van der Waals surface area (Å²) in [5.41, 5.74) is 5.31. The van der Waals surface area contributed by atoms with Gasteiger partial charge in [-0.2, -0.15) is 0 Å². The number of hydrogen-bond acceptors (Lipinski definition) is 6. The molecule has 5 aromatic rings. The van der Waals surface area contributed by atoms with Gasteiger partial charge in [0, 0.05) is 38.0 Å². The molecule has 1 aliphatic rings. The van der Waals surface area contributed by atoms with Crippen LogP contribution >= 0.6 is 11.6 Å². The van der Waals surface area contributed by atoms with E-state index in [9.17, 15) is 9.90 Å². The van der Waals surface area contributed by atoms with Crippen molar-refractivity contribution in [3.8, 4) is 17.2 Å². The van der Waals surface area contributed by atoms with E-state index in [2.05, 4.69) is 10.3 Å². The normalized spacial score (nSPS) is 14.1. The predicted octanol–water partition coefficient (Wildman–Crippen LogP) is 6.91. The summed E-state index contributed by atoms with van der Waals surface area (Å²) in [4.78, 5) is 20.3. The van der Waals surface area contributed by atoms with Gasteiger partial charge in [0.05, 0.1) is 16.8 Å². The topological polar surface area (TPSA) is 83.9 Å². The van der Waals surface area contributed by atoms with Crippen molar-refractivity contribution in [1.29, 1.82) is 0 Å². The zero-order valence-corrected chi connectivity index (χ0v) is 24.8. The third-order valence-electron chi connectivity index (χ3n) is 7.61. The lowest BCUT2D eigenvalue weighted by Gasteiger charge is -2.38. The lowest BCUT2D eigenvalue weighted by Crippen LogP contribution is -2.51. The first kappa shape index (κ1) is 29.2. The molecule has 1 atom stereocenters. The molecule has 0 saturated carbocycles. The average Bonchev–Trinajstić information content (AvgIpc) is 3.06. The van der Waals surface area contributed by atoms with Crippen molar-refractivity contribution in [2.45, 2.75) is 38.9 Å². The Balaban J connectivity index is 1.32. The van der Waals surface area contributed by atoms with Crippen LogP contribution < -0.4 is 14.8 Å². The largest absolute Gasteiger partial charge is 0.508 e. The smallest absolute Gasteiger partial charge is 0.259 e. The van der Waals surface area contributed by atoms with Crippen molar-refractivity contribution in [2.24, 2.45) is 0 Å². The minimum atomic E-state index is -0.317. The van der Waals surface area contributed by atoms with Crippen molar-refractivity contribution in [2.75, 3.05) is 0 Å². The van der Waals surface area contributed by atoms with Gasteiger partial charge in [0.15, 0.2) is 0 Å². The summed E-state index contributed by atoms with van der Waals surface area (Å²) >= 11 is 6.74. The Morgan fingerprint density at radius 3 is 2.16 bits per heavy atom. The molecule has 0 spiro atoms. The molecule has 2 N–H and O–H groups in total. The number of rotatable bonds is 10. The Bertz CT molecular complexity index is 1720. The molecule has 0 bridgehead atoms. The van der Waals surface area contributed by atoms with Crippen molar-refractivity contribution >= 4 is 17.5 Å². The van der Waals surface area contributed by atoms with Gasteiger partial charge in [-0.1, -0.05) is 78.3 Å². The van der Waals surface area contributed by atoms with E-state index in [1.165, 1.54) is 0 Å². The number of carbonyl (C=O) groups is 1. The van der Waals surface area contributed by atoms with E-state index in [1.807, 2.05) is 78.9 Å². The van der Waals surface area contributed by atoms with Gasteiger partial charge in [0.2, 0.25) is 0 Å². The van der Waals surface area contributed by atoms with Crippen LogP contribution in [0.1, 0.15) is 38.2 Å². The number of benzene rings is 4. The molecule has 2 heterocycles. The minimum absolute atomic E-state index is 0.161. The maximum Gasteiger partial charge on any atom is 0.259 e. The number of pyridine rings is 1. The minimum Gasteiger partial charge on any atom is -0.508 e. The number of nitrogens with one attached hydrogen (secondary N) is 1. The highest BCUT2D eigenvalue weighted by Gasteiger charge is 2.32. The van der Waals surface area contributed by atoms with E-state index in [-0.39, 0.29) is 24.4 Å². The SMILES string of the molecule is O=C(c1cc(Cl)c(OCc2ccccc2)cc1OCc1ccccc1)N1Cc2cc(O)ccc2C[C@@H]1NCc1ccncc1. The van der Waals surface area contributed by atoms with Crippen molar-refractivity contribution < 1.29 is 19.4 Å². The fraction of sp³-hybridized carbons (Fsp3) is 0.167. The van der Waals surface area contributed by atoms with E-state index < -0.39 is 0 Å². The molecule has 7 nitrogen and oxygen atoms in total. The number of phenols is 1. The zero-order valence-electron chi connectivity index (χ0n) is 24.0. The molecule has 0 fully saturated rings. The summed E-state index contributed by atoms with van der Waals surface area (Å²) in [5, 5.41) is 14.1. The van der Waals surface area contributed by atoms with E-state index in [0.29, 0.717) is 48.2 Å². The highest BCUT2D eigenvalue weighted by Crippen LogP contribution is 2.36.